The number of ether oxygens (including phenoxy) is 3. The molecule has 0 aliphatic carbocycles. The first-order chi connectivity index (χ1) is 16.2. The second-order valence-electron chi connectivity index (χ2n) is 8.00. The Labute approximate surface area is 196 Å². The SMILES string of the molecule is CN1CCN(S(=O)(=O)c2ccc(NCC(O)COc3ccc4c(c3)OCO4)c([N+](=O)[O-])c2)CC1. The summed E-state index contributed by atoms with van der Waals surface area (Å²) in [6.45, 7) is 1.84. The molecule has 1 atom stereocenters. The molecule has 1 saturated heterocycles. The summed E-state index contributed by atoms with van der Waals surface area (Å²) in [5, 5.41) is 24.7. The Morgan fingerprint density at radius 2 is 1.88 bits per heavy atom. The maximum Gasteiger partial charge on any atom is 0.293 e. The molecule has 0 amide bonds. The van der Waals surface area contributed by atoms with Crippen LogP contribution in [0.4, 0.5) is 11.4 Å². The molecular formula is C21H26N4O8S. The standard InChI is InChI=1S/C21H26N4O8S/c1-23-6-8-24(9-7-23)34(29,30)17-3-4-18(19(11-17)25(27)28)22-12-15(26)13-31-16-2-5-20-21(10-16)33-14-32-20/h2-5,10-11,15,22,26H,6-9,12-14H2,1H3. The lowest BCUT2D eigenvalue weighted by atomic mass is 10.2. The fourth-order valence-electron chi connectivity index (χ4n) is 3.60. The molecule has 12 nitrogen and oxygen atoms in total. The van der Waals surface area contributed by atoms with Crippen molar-refractivity contribution in [1.29, 1.82) is 0 Å². The molecule has 1 unspecified atom stereocenters. The molecule has 2 aromatic rings. The van der Waals surface area contributed by atoms with E-state index < -0.39 is 21.1 Å². The van der Waals surface area contributed by atoms with Crippen LogP contribution in [0.1, 0.15) is 0 Å². The van der Waals surface area contributed by atoms with Crippen molar-refractivity contribution in [2.75, 3.05) is 58.5 Å². The van der Waals surface area contributed by atoms with Gasteiger partial charge in [0.2, 0.25) is 16.8 Å². The van der Waals surface area contributed by atoms with E-state index in [0.29, 0.717) is 43.4 Å². The number of likely N-dealkylation sites (N-methyl/N-ethyl adjacent to an activating group) is 1. The van der Waals surface area contributed by atoms with Crippen LogP contribution >= 0.6 is 0 Å². The number of aliphatic hydroxyl groups excluding tert-OH is 1. The summed E-state index contributed by atoms with van der Waals surface area (Å²) >= 11 is 0. The zero-order valence-electron chi connectivity index (χ0n) is 18.5. The first-order valence-electron chi connectivity index (χ1n) is 10.7. The second-order valence-corrected chi connectivity index (χ2v) is 9.94. The van der Waals surface area contributed by atoms with Crippen molar-refractivity contribution in [2.24, 2.45) is 0 Å². The molecule has 2 aliphatic rings. The van der Waals surface area contributed by atoms with Crippen LogP contribution in [0, 0.1) is 10.1 Å². The summed E-state index contributed by atoms with van der Waals surface area (Å²) in [7, 11) is -1.94. The highest BCUT2D eigenvalue weighted by molar-refractivity contribution is 7.89. The molecule has 184 valence electrons. The quantitative estimate of drug-likeness (QED) is 0.384. The smallest absolute Gasteiger partial charge is 0.293 e. The van der Waals surface area contributed by atoms with E-state index in [1.54, 1.807) is 18.2 Å². The van der Waals surface area contributed by atoms with E-state index in [4.69, 9.17) is 14.2 Å². The molecule has 34 heavy (non-hydrogen) atoms. The number of piperazine rings is 1. The van der Waals surface area contributed by atoms with Gasteiger partial charge in [0.15, 0.2) is 11.5 Å². The van der Waals surface area contributed by atoms with Crippen LogP contribution in [-0.2, 0) is 10.0 Å². The molecule has 0 aromatic heterocycles. The summed E-state index contributed by atoms with van der Waals surface area (Å²) in [6, 6.07) is 8.74. The van der Waals surface area contributed by atoms with Crippen LogP contribution in [0.25, 0.3) is 0 Å². The van der Waals surface area contributed by atoms with Gasteiger partial charge in [-0.1, -0.05) is 0 Å². The zero-order chi connectivity index (χ0) is 24.3. The Balaban J connectivity index is 1.38. The number of nitro groups is 1. The number of hydrogen-bond acceptors (Lipinski definition) is 10. The highest BCUT2D eigenvalue weighted by Gasteiger charge is 2.29. The van der Waals surface area contributed by atoms with Gasteiger partial charge in [-0.3, -0.25) is 10.1 Å². The predicted molar refractivity (Wildman–Crippen MR) is 122 cm³/mol. The highest BCUT2D eigenvalue weighted by Crippen LogP contribution is 2.35. The number of sulfonamides is 1. The van der Waals surface area contributed by atoms with Gasteiger partial charge < -0.3 is 29.5 Å². The van der Waals surface area contributed by atoms with Crippen LogP contribution in [0.15, 0.2) is 41.3 Å². The van der Waals surface area contributed by atoms with E-state index in [1.165, 1.54) is 16.4 Å². The van der Waals surface area contributed by atoms with E-state index in [2.05, 4.69) is 5.32 Å². The van der Waals surface area contributed by atoms with Crippen LogP contribution < -0.4 is 19.5 Å². The van der Waals surface area contributed by atoms with Crippen molar-refractivity contribution in [2.45, 2.75) is 11.0 Å². The Morgan fingerprint density at radius 3 is 2.62 bits per heavy atom. The monoisotopic (exact) mass is 494 g/mol. The van der Waals surface area contributed by atoms with Gasteiger partial charge in [-0.25, -0.2) is 8.42 Å². The maximum atomic E-state index is 12.9. The van der Waals surface area contributed by atoms with E-state index in [0.717, 1.165) is 6.07 Å². The number of aliphatic hydroxyl groups is 1. The molecule has 2 N–H and O–H groups in total. The van der Waals surface area contributed by atoms with Gasteiger partial charge in [0.25, 0.3) is 5.69 Å². The number of nitrogens with zero attached hydrogens (tertiary/aromatic N) is 3. The molecule has 1 fully saturated rings. The topological polar surface area (TPSA) is 144 Å². The van der Waals surface area contributed by atoms with E-state index >= 15 is 0 Å². The summed E-state index contributed by atoms with van der Waals surface area (Å²) in [6.07, 6.45) is -0.987. The number of nitrogens with one attached hydrogen (secondary N) is 1. The van der Waals surface area contributed by atoms with Crippen molar-refractivity contribution >= 4 is 21.4 Å². The second kappa shape index (κ2) is 10.0. The van der Waals surface area contributed by atoms with Gasteiger partial charge in [0.05, 0.1) is 9.82 Å². The lowest BCUT2D eigenvalue weighted by Crippen LogP contribution is -2.47. The number of fused-ring (bicyclic) bond motifs is 1. The number of nitro benzene ring substituents is 1. The Kier molecular flexibility index (Phi) is 7.07. The molecule has 0 saturated carbocycles. The summed E-state index contributed by atoms with van der Waals surface area (Å²) in [4.78, 5) is 12.8. The minimum atomic E-state index is -3.85. The van der Waals surface area contributed by atoms with Crippen LogP contribution in [0.3, 0.4) is 0 Å². The summed E-state index contributed by atoms with van der Waals surface area (Å²) < 4.78 is 43.2. The average Bonchev–Trinajstić information content (AvgIpc) is 3.29. The van der Waals surface area contributed by atoms with Crippen molar-refractivity contribution in [3.8, 4) is 17.2 Å². The molecule has 4 rings (SSSR count). The van der Waals surface area contributed by atoms with Gasteiger partial charge in [-0.15, -0.1) is 0 Å². The predicted octanol–water partition coefficient (Wildman–Crippen LogP) is 1.11. The van der Waals surface area contributed by atoms with Crippen molar-refractivity contribution in [3.63, 3.8) is 0 Å². The van der Waals surface area contributed by atoms with E-state index in [1.807, 2.05) is 11.9 Å². The highest BCUT2D eigenvalue weighted by atomic mass is 32.2. The Bertz CT molecular complexity index is 1150. The first kappa shape index (κ1) is 24.0. The minimum absolute atomic E-state index is 0.0457. The number of anilines is 1. The van der Waals surface area contributed by atoms with Gasteiger partial charge in [-0.2, -0.15) is 4.31 Å². The lowest BCUT2D eigenvalue weighted by Gasteiger charge is -2.31. The van der Waals surface area contributed by atoms with Crippen molar-refractivity contribution < 1.29 is 32.7 Å². The van der Waals surface area contributed by atoms with Gasteiger partial charge in [0, 0.05) is 44.9 Å². The third kappa shape index (κ3) is 5.33. The zero-order valence-corrected chi connectivity index (χ0v) is 19.4. The molecule has 0 radical (unpaired) electrons. The van der Waals surface area contributed by atoms with Gasteiger partial charge in [-0.05, 0) is 31.3 Å². The Hall–Kier alpha value is -3.13. The van der Waals surface area contributed by atoms with Gasteiger partial charge in [0.1, 0.15) is 24.1 Å². The molecule has 2 heterocycles. The van der Waals surface area contributed by atoms with Crippen LogP contribution in [-0.4, -0.2) is 86.9 Å². The molecule has 2 aliphatic heterocycles. The molecule has 13 heteroatoms. The molecular weight excluding hydrogens is 468 g/mol. The first-order valence-corrected chi connectivity index (χ1v) is 12.1. The van der Waals surface area contributed by atoms with Crippen molar-refractivity contribution in [1.82, 2.24) is 9.21 Å². The summed E-state index contributed by atoms with van der Waals surface area (Å²) in [5.74, 6) is 1.64. The fourth-order valence-corrected chi connectivity index (χ4v) is 5.04. The summed E-state index contributed by atoms with van der Waals surface area (Å²) in [5.41, 5.74) is -0.288. The molecule has 0 bridgehead atoms. The largest absolute Gasteiger partial charge is 0.491 e. The lowest BCUT2D eigenvalue weighted by molar-refractivity contribution is -0.384. The van der Waals surface area contributed by atoms with Crippen molar-refractivity contribution in [3.05, 3.63) is 46.5 Å². The fraction of sp³-hybridized carbons (Fsp3) is 0.429. The number of hydrogen-bond donors (Lipinski definition) is 2. The van der Waals surface area contributed by atoms with Gasteiger partial charge >= 0.3 is 0 Å². The maximum absolute atomic E-state index is 12.9. The third-order valence-electron chi connectivity index (χ3n) is 5.58. The van der Waals surface area contributed by atoms with Crippen LogP contribution in [0.5, 0.6) is 17.2 Å². The Morgan fingerprint density at radius 1 is 1.15 bits per heavy atom. The van der Waals surface area contributed by atoms with E-state index in [-0.39, 0.29) is 36.2 Å². The minimum Gasteiger partial charge on any atom is -0.491 e. The average molecular weight is 495 g/mol. The number of rotatable bonds is 9. The normalized spacial score (nSPS) is 17.4. The third-order valence-corrected chi connectivity index (χ3v) is 7.48. The number of benzene rings is 2. The van der Waals surface area contributed by atoms with Crippen LogP contribution in [0.2, 0.25) is 0 Å². The molecule has 0 spiro atoms. The van der Waals surface area contributed by atoms with E-state index in [9.17, 15) is 23.6 Å². The molecule has 2 aromatic carbocycles.